The number of thiophene rings is 1. The third-order valence-electron chi connectivity index (χ3n) is 6.18. The monoisotopic (exact) mass is 452 g/mol. The van der Waals surface area contributed by atoms with E-state index < -0.39 is 0 Å². The summed E-state index contributed by atoms with van der Waals surface area (Å²) < 4.78 is 5.63. The number of hydrogen-bond donors (Lipinski definition) is 2. The second-order valence-electron chi connectivity index (χ2n) is 8.90. The van der Waals surface area contributed by atoms with E-state index in [-0.39, 0.29) is 17.9 Å². The molecule has 0 unspecified atom stereocenters. The minimum atomic E-state index is -0.218. The maximum atomic E-state index is 13.1. The molecule has 2 aromatic rings. The van der Waals surface area contributed by atoms with E-state index in [9.17, 15) is 9.59 Å². The Morgan fingerprint density at radius 3 is 2.66 bits per heavy atom. The van der Waals surface area contributed by atoms with E-state index in [4.69, 9.17) is 4.74 Å². The van der Waals surface area contributed by atoms with Crippen molar-refractivity contribution in [1.29, 1.82) is 0 Å². The first-order valence-electron chi connectivity index (χ1n) is 11.6. The summed E-state index contributed by atoms with van der Waals surface area (Å²) in [6.45, 7) is 5.60. The number of carbonyl (C=O) groups is 2. The fourth-order valence-corrected chi connectivity index (χ4v) is 5.60. The van der Waals surface area contributed by atoms with Crippen molar-refractivity contribution in [2.24, 2.45) is 0 Å². The minimum absolute atomic E-state index is 0.0940. The summed E-state index contributed by atoms with van der Waals surface area (Å²) >= 11 is 1.55. The zero-order chi connectivity index (χ0) is 22.5. The van der Waals surface area contributed by atoms with Gasteiger partial charge in [-0.3, -0.25) is 9.59 Å². The number of anilines is 1. The second kappa shape index (κ2) is 10.5. The molecule has 4 rings (SSSR count). The maximum absolute atomic E-state index is 13.1. The highest BCUT2D eigenvalue weighted by Gasteiger charge is 2.27. The van der Waals surface area contributed by atoms with Crippen LogP contribution in [-0.2, 0) is 22.4 Å². The van der Waals surface area contributed by atoms with Crippen LogP contribution in [0.1, 0.15) is 77.4 Å². The first-order valence-corrected chi connectivity index (χ1v) is 12.5. The number of carbonyl (C=O) groups excluding carboxylic acids is 2. The van der Waals surface area contributed by atoms with E-state index in [1.165, 1.54) is 16.5 Å². The molecule has 1 aliphatic carbocycles. The summed E-state index contributed by atoms with van der Waals surface area (Å²) in [5, 5.41) is 6.67. The summed E-state index contributed by atoms with van der Waals surface area (Å²) in [6.07, 6.45) is 9.54. The molecule has 2 amide bonds. The lowest BCUT2D eigenvalue weighted by atomic mass is 9.95. The lowest BCUT2D eigenvalue weighted by Gasteiger charge is -2.15. The van der Waals surface area contributed by atoms with Crippen LogP contribution in [0.15, 0.2) is 30.3 Å². The lowest BCUT2D eigenvalue weighted by molar-refractivity contribution is -0.111. The molecule has 2 heterocycles. The summed E-state index contributed by atoms with van der Waals surface area (Å²) in [7, 11) is 0. The summed E-state index contributed by atoms with van der Waals surface area (Å²) in [5.41, 5.74) is 4.00. The van der Waals surface area contributed by atoms with Gasteiger partial charge in [0.25, 0.3) is 5.91 Å². The maximum Gasteiger partial charge on any atom is 0.254 e. The van der Waals surface area contributed by atoms with Crippen molar-refractivity contribution in [3.8, 4) is 0 Å². The van der Waals surface area contributed by atoms with Crippen LogP contribution in [0.4, 0.5) is 5.00 Å². The van der Waals surface area contributed by atoms with Gasteiger partial charge in [0, 0.05) is 24.1 Å². The molecule has 170 valence electrons. The SMILES string of the molecule is CC(C)c1ccc(/C=C/C(=O)Nc2sc3c(c2C(=O)NC[C@@H]2CCCO2)CCCC3)cc1. The Bertz CT molecular complexity index is 985. The predicted molar refractivity (Wildman–Crippen MR) is 130 cm³/mol. The van der Waals surface area contributed by atoms with Crippen LogP contribution < -0.4 is 10.6 Å². The van der Waals surface area contributed by atoms with Gasteiger partial charge in [-0.25, -0.2) is 0 Å². The quantitative estimate of drug-likeness (QED) is 0.560. The smallest absolute Gasteiger partial charge is 0.254 e. The number of ether oxygens (including phenoxy) is 1. The van der Waals surface area contributed by atoms with Crippen LogP contribution >= 0.6 is 11.3 Å². The molecular weight excluding hydrogens is 420 g/mol. The summed E-state index contributed by atoms with van der Waals surface area (Å²) in [5.74, 6) is 0.152. The fourth-order valence-electron chi connectivity index (χ4n) is 4.31. The van der Waals surface area contributed by atoms with Crippen LogP contribution in [0.5, 0.6) is 0 Å². The molecule has 0 spiro atoms. The Morgan fingerprint density at radius 2 is 1.94 bits per heavy atom. The van der Waals surface area contributed by atoms with E-state index in [0.717, 1.165) is 56.3 Å². The van der Waals surface area contributed by atoms with Gasteiger partial charge in [0.05, 0.1) is 11.7 Å². The van der Waals surface area contributed by atoms with Gasteiger partial charge in [0.1, 0.15) is 5.00 Å². The topological polar surface area (TPSA) is 67.4 Å². The number of hydrogen-bond acceptors (Lipinski definition) is 4. The fraction of sp³-hybridized carbons (Fsp3) is 0.462. The molecule has 0 saturated carbocycles. The van der Waals surface area contributed by atoms with Crippen LogP contribution in [0.2, 0.25) is 0 Å². The number of benzene rings is 1. The van der Waals surface area contributed by atoms with Crippen molar-refractivity contribution in [2.45, 2.75) is 64.4 Å². The largest absolute Gasteiger partial charge is 0.376 e. The minimum Gasteiger partial charge on any atom is -0.376 e. The molecule has 1 aromatic heterocycles. The molecule has 1 fully saturated rings. The normalized spacial score (nSPS) is 18.2. The van der Waals surface area contributed by atoms with Crippen molar-refractivity contribution < 1.29 is 14.3 Å². The van der Waals surface area contributed by atoms with E-state index in [1.54, 1.807) is 11.3 Å². The second-order valence-corrected chi connectivity index (χ2v) is 10.0. The van der Waals surface area contributed by atoms with Gasteiger partial charge in [-0.2, -0.15) is 0 Å². The standard InChI is InChI=1S/C26H32N2O3S/c1-17(2)19-12-9-18(10-13-19)11-14-23(29)28-26-24(21-7-3-4-8-22(21)32-26)25(30)27-16-20-6-5-15-31-20/h9-14,17,20H,3-8,15-16H2,1-2H3,(H,27,30)(H,28,29)/b14-11+/t20-/m0/s1. The Labute approximate surface area is 194 Å². The molecule has 5 nitrogen and oxygen atoms in total. The van der Waals surface area contributed by atoms with Crippen molar-refractivity contribution >= 4 is 34.2 Å². The zero-order valence-electron chi connectivity index (χ0n) is 18.9. The zero-order valence-corrected chi connectivity index (χ0v) is 19.7. The lowest BCUT2D eigenvalue weighted by Crippen LogP contribution is -2.32. The highest BCUT2D eigenvalue weighted by molar-refractivity contribution is 7.17. The number of aryl methyl sites for hydroxylation is 1. The van der Waals surface area contributed by atoms with Crippen LogP contribution in [0.25, 0.3) is 6.08 Å². The number of amides is 2. The van der Waals surface area contributed by atoms with Crippen LogP contribution in [-0.4, -0.2) is 31.1 Å². The average Bonchev–Trinajstić information content (AvgIpc) is 3.44. The first-order chi connectivity index (χ1) is 15.5. The molecule has 1 atom stereocenters. The van der Waals surface area contributed by atoms with Gasteiger partial charge in [0.2, 0.25) is 5.91 Å². The molecule has 32 heavy (non-hydrogen) atoms. The molecule has 1 saturated heterocycles. The number of nitrogens with one attached hydrogen (secondary N) is 2. The molecular formula is C26H32N2O3S. The molecule has 2 aliphatic rings. The summed E-state index contributed by atoms with van der Waals surface area (Å²) in [4.78, 5) is 27.0. The highest BCUT2D eigenvalue weighted by Crippen LogP contribution is 2.38. The number of rotatable bonds is 7. The molecule has 0 bridgehead atoms. The van der Waals surface area contributed by atoms with Crippen molar-refractivity contribution in [3.63, 3.8) is 0 Å². The van der Waals surface area contributed by atoms with E-state index in [1.807, 2.05) is 18.2 Å². The molecule has 1 aliphatic heterocycles. The van der Waals surface area contributed by atoms with Crippen LogP contribution in [0, 0.1) is 0 Å². The molecule has 6 heteroatoms. The Hall–Kier alpha value is -2.44. The highest BCUT2D eigenvalue weighted by atomic mass is 32.1. The van der Waals surface area contributed by atoms with Gasteiger partial charge in [-0.15, -0.1) is 11.3 Å². The van der Waals surface area contributed by atoms with Gasteiger partial charge >= 0.3 is 0 Å². The molecule has 0 radical (unpaired) electrons. The van der Waals surface area contributed by atoms with Gasteiger partial charge in [-0.1, -0.05) is 38.1 Å². The Kier molecular flexibility index (Phi) is 7.43. The Balaban J connectivity index is 1.46. The third-order valence-corrected chi connectivity index (χ3v) is 7.39. The predicted octanol–water partition coefficient (Wildman–Crippen LogP) is 5.31. The first kappa shape index (κ1) is 22.7. The van der Waals surface area contributed by atoms with Gasteiger partial charge < -0.3 is 15.4 Å². The number of fused-ring (bicyclic) bond motifs is 1. The van der Waals surface area contributed by atoms with E-state index in [0.29, 0.717) is 23.0 Å². The molecule has 1 aromatic carbocycles. The Morgan fingerprint density at radius 1 is 1.16 bits per heavy atom. The van der Waals surface area contributed by atoms with E-state index in [2.05, 4.69) is 36.6 Å². The van der Waals surface area contributed by atoms with Gasteiger partial charge in [-0.05, 0) is 67.2 Å². The third kappa shape index (κ3) is 5.48. The van der Waals surface area contributed by atoms with Crippen LogP contribution in [0.3, 0.4) is 0 Å². The van der Waals surface area contributed by atoms with Gasteiger partial charge in [0.15, 0.2) is 0 Å². The van der Waals surface area contributed by atoms with Crippen molar-refractivity contribution in [3.05, 3.63) is 57.5 Å². The summed E-state index contributed by atoms with van der Waals surface area (Å²) in [6, 6.07) is 8.22. The average molecular weight is 453 g/mol. The van der Waals surface area contributed by atoms with Crippen molar-refractivity contribution in [1.82, 2.24) is 5.32 Å². The van der Waals surface area contributed by atoms with E-state index >= 15 is 0 Å². The molecule has 2 N–H and O–H groups in total. The van der Waals surface area contributed by atoms with Crippen molar-refractivity contribution in [2.75, 3.05) is 18.5 Å².